The van der Waals surface area contributed by atoms with E-state index in [0.29, 0.717) is 12.8 Å². The average Bonchev–Trinajstić information content (AvgIpc) is 2.31. The smallest absolute Gasteiger partial charge is 0.123 e. The van der Waals surface area contributed by atoms with Crippen molar-refractivity contribution in [3.63, 3.8) is 0 Å². The molecule has 1 rings (SSSR count). The normalized spacial score (nSPS) is 10.7. The zero-order valence-corrected chi connectivity index (χ0v) is 11.0. The van der Waals surface area contributed by atoms with Crippen molar-refractivity contribution in [3.8, 4) is 0 Å². The summed E-state index contributed by atoms with van der Waals surface area (Å²) in [5, 5.41) is 10.2. The third kappa shape index (κ3) is 3.31. The van der Waals surface area contributed by atoms with Gasteiger partial charge in [0.25, 0.3) is 0 Å². The quantitative estimate of drug-likeness (QED) is 0.820. The lowest BCUT2D eigenvalue weighted by Crippen LogP contribution is -2.24. The van der Waals surface area contributed by atoms with Gasteiger partial charge in [-0.25, -0.2) is 4.39 Å². The van der Waals surface area contributed by atoms with Crippen LogP contribution in [0, 0.1) is 12.7 Å². The van der Waals surface area contributed by atoms with Gasteiger partial charge in [0.2, 0.25) is 0 Å². The second-order valence-corrected chi connectivity index (χ2v) is 3.70. The van der Waals surface area contributed by atoms with E-state index in [4.69, 9.17) is 0 Å². The number of benzene rings is 1. The Hall–Kier alpha value is -0.890. The SMILES string of the molecule is CC.CCC(O)(CC)c1ccc(F)cc1C. The maximum absolute atomic E-state index is 12.9. The number of hydrogen-bond acceptors (Lipinski definition) is 1. The minimum absolute atomic E-state index is 0.249. The lowest BCUT2D eigenvalue weighted by atomic mass is 9.86. The van der Waals surface area contributed by atoms with Crippen molar-refractivity contribution in [2.75, 3.05) is 0 Å². The monoisotopic (exact) mass is 226 g/mol. The average molecular weight is 226 g/mol. The van der Waals surface area contributed by atoms with Crippen LogP contribution < -0.4 is 0 Å². The maximum Gasteiger partial charge on any atom is 0.123 e. The van der Waals surface area contributed by atoms with Crippen molar-refractivity contribution in [3.05, 3.63) is 35.1 Å². The molecule has 92 valence electrons. The van der Waals surface area contributed by atoms with Crippen LogP contribution in [0.25, 0.3) is 0 Å². The van der Waals surface area contributed by atoms with Crippen LogP contribution in [-0.4, -0.2) is 5.11 Å². The van der Waals surface area contributed by atoms with Crippen LogP contribution in [0.3, 0.4) is 0 Å². The Bertz CT molecular complexity index is 317. The summed E-state index contributed by atoms with van der Waals surface area (Å²) >= 11 is 0. The van der Waals surface area contributed by atoms with Gasteiger partial charge in [0.05, 0.1) is 5.60 Å². The van der Waals surface area contributed by atoms with Crippen molar-refractivity contribution in [2.24, 2.45) is 0 Å². The summed E-state index contributed by atoms with van der Waals surface area (Å²) in [6, 6.07) is 4.54. The van der Waals surface area contributed by atoms with Crippen LogP contribution in [-0.2, 0) is 5.60 Å². The minimum atomic E-state index is -0.808. The molecule has 0 spiro atoms. The highest BCUT2D eigenvalue weighted by molar-refractivity contribution is 5.31. The summed E-state index contributed by atoms with van der Waals surface area (Å²) in [7, 11) is 0. The summed E-state index contributed by atoms with van der Waals surface area (Å²) in [4.78, 5) is 0. The molecule has 0 aliphatic rings. The Balaban J connectivity index is 0.00000106. The largest absolute Gasteiger partial charge is 0.385 e. The van der Waals surface area contributed by atoms with Crippen LogP contribution in [0.4, 0.5) is 4.39 Å². The molecule has 0 bridgehead atoms. The van der Waals surface area contributed by atoms with Gasteiger partial charge in [-0.1, -0.05) is 33.8 Å². The molecular weight excluding hydrogens is 203 g/mol. The van der Waals surface area contributed by atoms with Gasteiger partial charge in [0, 0.05) is 0 Å². The molecule has 0 saturated heterocycles. The molecule has 0 fully saturated rings. The molecule has 0 unspecified atom stereocenters. The van der Waals surface area contributed by atoms with Gasteiger partial charge in [-0.05, 0) is 43.0 Å². The second-order valence-electron chi connectivity index (χ2n) is 3.70. The predicted molar refractivity (Wildman–Crippen MR) is 67.0 cm³/mol. The van der Waals surface area contributed by atoms with Crippen molar-refractivity contribution in [1.82, 2.24) is 0 Å². The van der Waals surface area contributed by atoms with Gasteiger partial charge in [0.15, 0.2) is 0 Å². The van der Waals surface area contributed by atoms with Crippen molar-refractivity contribution in [2.45, 2.75) is 53.1 Å². The lowest BCUT2D eigenvalue weighted by molar-refractivity contribution is 0.0277. The first-order valence-corrected chi connectivity index (χ1v) is 6.02. The number of aryl methyl sites for hydroxylation is 1. The number of rotatable bonds is 3. The summed E-state index contributed by atoms with van der Waals surface area (Å²) < 4.78 is 12.9. The Morgan fingerprint density at radius 3 is 2.06 bits per heavy atom. The van der Waals surface area contributed by atoms with E-state index in [9.17, 15) is 9.50 Å². The van der Waals surface area contributed by atoms with Crippen LogP contribution in [0.15, 0.2) is 18.2 Å². The first-order chi connectivity index (χ1) is 7.53. The Morgan fingerprint density at radius 2 is 1.69 bits per heavy atom. The van der Waals surface area contributed by atoms with E-state index in [-0.39, 0.29) is 5.82 Å². The third-order valence-corrected chi connectivity index (χ3v) is 2.86. The van der Waals surface area contributed by atoms with Crippen LogP contribution in [0.2, 0.25) is 0 Å². The molecule has 0 aliphatic heterocycles. The van der Waals surface area contributed by atoms with E-state index in [2.05, 4.69) is 0 Å². The standard InChI is InChI=1S/C12H17FO.C2H6/c1-4-12(14,5-2)11-7-6-10(13)8-9(11)3;1-2/h6-8,14H,4-5H2,1-3H3;1-2H3. The van der Waals surface area contributed by atoms with E-state index >= 15 is 0 Å². The number of hydrogen-bond donors (Lipinski definition) is 1. The van der Waals surface area contributed by atoms with E-state index in [1.165, 1.54) is 12.1 Å². The van der Waals surface area contributed by atoms with Gasteiger partial charge in [0.1, 0.15) is 5.82 Å². The first kappa shape index (κ1) is 15.1. The molecule has 0 heterocycles. The molecule has 0 amide bonds. The van der Waals surface area contributed by atoms with Gasteiger partial charge in [-0.15, -0.1) is 0 Å². The van der Waals surface area contributed by atoms with Gasteiger partial charge in [-0.2, -0.15) is 0 Å². The van der Waals surface area contributed by atoms with E-state index in [0.717, 1.165) is 11.1 Å². The van der Waals surface area contributed by atoms with Crippen LogP contribution in [0.1, 0.15) is 51.7 Å². The highest BCUT2D eigenvalue weighted by atomic mass is 19.1. The van der Waals surface area contributed by atoms with Crippen LogP contribution in [0.5, 0.6) is 0 Å². The van der Waals surface area contributed by atoms with E-state index < -0.39 is 5.60 Å². The molecular formula is C14H23FO. The molecule has 0 aliphatic carbocycles. The van der Waals surface area contributed by atoms with Gasteiger partial charge < -0.3 is 5.11 Å². The molecule has 1 nitrogen and oxygen atoms in total. The fourth-order valence-corrected chi connectivity index (χ4v) is 1.78. The van der Waals surface area contributed by atoms with Gasteiger partial charge >= 0.3 is 0 Å². The fraction of sp³-hybridized carbons (Fsp3) is 0.571. The Morgan fingerprint density at radius 1 is 1.19 bits per heavy atom. The summed E-state index contributed by atoms with van der Waals surface area (Å²) in [5.41, 5.74) is 0.845. The Kier molecular flexibility index (Phi) is 6.27. The van der Waals surface area contributed by atoms with Crippen molar-refractivity contribution < 1.29 is 9.50 Å². The molecule has 1 N–H and O–H groups in total. The lowest BCUT2D eigenvalue weighted by Gasteiger charge is -2.27. The van der Waals surface area contributed by atoms with Crippen LogP contribution >= 0.6 is 0 Å². The Labute approximate surface area is 98.3 Å². The molecule has 1 aromatic carbocycles. The zero-order chi connectivity index (χ0) is 12.8. The molecule has 1 aromatic rings. The summed E-state index contributed by atoms with van der Waals surface area (Å²) in [5.74, 6) is -0.249. The summed E-state index contributed by atoms with van der Waals surface area (Å²) in [6.45, 7) is 9.70. The molecule has 0 atom stereocenters. The number of aliphatic hydroxyl groups is 1. The fourth-order valence-electron chi connectivity index (χ4n) is 1.78. The number of halogens is 1. The third-order valence-electron chi connectivity index (χ3n) is 2.86. The molecule has 0 saturated carbocycles. The van der Waals surface area contributed by atoms with Gasteiger partial charge in [-0.3, -0.25) is 0 Å². The first-order valence-electron chi connectivity index (χ1n) is 6.02. The predicted octanol–water partition coefficient (Wildman–Crippen LogP) is 4.17. The van der Waals surface area contributed by atoms with E-state index in [1.807, 2.05) is 34.6 Å². The molecule has 16 heavy (non-hydrogen) atoms. The maximum atomic E-state index is 12.9. The second kappa shape index (κ2) is 6.64. The highest BCUT2D eigenvalue weighted by Gasteiger charge is 2.26. The van der Waals surface area contributed by atoms with E-state index in [1.54, 1.807) is 6.07 Å². The topological polar surface area (TPSA) is 20.2 Å². The van der Waals surface area contributed by atoms with Crippen molar-refractivity contribution >= 4 is 0 Å². The highest BCUT2D eigenvalue weighted by Crippen LogP contribution is 2.30. The summed E-state index contributed by atoms with van der Waals surface area (Å²) in [6.07, 6.45) is 1.30. The molecule has 0 aromatic heterocycles. The minimum Gasteiger partial charge on any atom is -0.385 e. The zero-order valence-electron chi connectivity index (χ0n) is 11.0. The van der Waals surface area contributed by atoms with Crippen molar-refractivity contribution in [1.29, 1.82) is 0 Å². The molecule has 0 radical (unpaired) electrons. The molecule has 2 heteroatoms.